The van der Waals surface area contributed by atoms with Crippen LogP contribution in [0.4, 0.5) is 29.2 Å². The lowest BCUT2D eigenvalue weighted by Gasteiger charge is -2.11. The minimum Gasteiger partial charge on any atom is -0.490 e. The summed E-state index contributed by atoms with van der Waals surface area (Å²) in [5, 5.41) is 10.6. The number of rotatable bonds is 11. The number of carbonyl (C=O) groups is 1. The van der Waals surface area contributed by atoms with Gasteiger partial charge in [-0.2, -0.15) is 20.1 Å². The van der Waals surface area contributed by atoms with Gasteiger partial charge in [-0.3, -0.25) is 0 Å². The molecule has 0 saturated carbocycles. The largest absolute Gasteiger partial charge is 0.490 e. The van der Waals surface area contributed by atoms with Crippen molar-refractivity contribution < 1.29 is 18.7 Å². The van der Waals surface area contributed by atoms with Gasteiger partial charge in [0.25, 0.3) is 0 Å². The summed E-state index contributed by atoms with van der Waals surface area (Å²) in [6, 6.07) is 27.3. The number of ether oxygens (including phenoxy) is 2. The molecule has 0 bridgehead atoms. The highest BCUT2D eigenvalue weighted by Gasteiger charge is 2.15. The molecule has 0 aliphatic carbocycles. The van der Waals surface area contributed by atoms with Crippen LogP contribution in [0.1, 0.15) is 23.0 Å². The lowest BCUT2D eigenvalue weighted by atomic mass is 10.2. The SMILES string of the molecule is CCOc1cc(/C=N\Nc2nc(Nc3ccccc3)nc(Nc3ccccc3)n2)ccc1OC(=O)c1ccco1. The summed E-state index contributed by atoms with van der Waals surface area (Å²) in [4.78, 5) is 25.6. The zero-order valence-corrected chi connectivity index (χ0v) is 21.4. The van der Waals surface area contributed by atoms with Gasteiger partial charge in [0, 0.05) is 11.4 Å². The maximum Gasteiger partial charge on any atom is 0.379 e. The fourth-order valence-corrected chi connectivity index (χ4v) is 3.51. The molecule has 0 fully saturated rings. The molecule has 200 valence electrons. The van der Waals surface area contributed by atoms with Gasteiger partial charge in [0.15, 0.2) is 11.5 Å². The number of hydrogen-bond acceptors (Lipinski definition) is 11. The number of hydrazone groups is 1. The molecule has 5 aromatic rings. The summed E-state index contributed by atoms with van der Waals surface area (Å²) in [6.07, 6.45) is 2.97. The number of aromatic nitrogens is 3. The molecule has 11 nitrogen and oxygen atoms in total. The molecule has 11 heteroatoms. The topological polar surface area (TPSA) is 136 Å². The van der Waals surface area contributed by atoms with E-state index in [0.29, 0.717) is 29.8 Å². The van der Waals surface area contributed by atoms with Gasteiger partial charge in [0.2, 0.25) is 23.6 Å². The van der Waals surface area contributed by atoms with Gasteiger partial charge in [0.05, 0.1) is 19.1 Å². The van der Waals surface area contributed by atoms with E-state index in [-0.39, 0.29) is 17.5 Å². The Morgan fingerprint density at radius 3 is 2.08 bits per heavy atom. The Bertz CT molecular complexity index is 1520. The third-order valence-electron chi connectivity index (χ3n) is 5.27. The van der Waals surface area contributed by atoms with Crippen molar-refractivity contribution in [3.05, 3.63) is 109 Å². The van der Waals surface area contributed by atoms with Crippen molar-refractivity contribution in [2.24, 2.45) is 5.10 Å². The average molecular weight is 536 g/mol. The smallest absolute Gasteiger partial charge is 0.379 e. The number of para-hydroxylation sites is 2. The van der Waals surface area contributed by atoms with Crippen molar-refractivity contribution in [1.29, 1.82) is 0 Å². The van der Waals surface area contributed by atoms with E-state index in [1.165, 1.54) is 12.3 Å². The molecule has 0 saturated heterocycles. The highest BCUT2D eigenvalue weighted by molar-refractivity contribution is 5.89. The standard InChI is InChI=1S/C29H25N7O4/c1-2-38-25-18-20(15-16-23(25)40-26(37)24-14-9-17-39-24)19-30-36-29-34-27(31-21-10-5-3-6-11-21)33-28(35-29)32-22-12-7-4-8-13-22/h3-19H,2H2,1H3,(H3,31,32,33,34,35,36)/b30-19-. The van der Waals surface area contributed by atoms with Crippen LogP contribution in [0.25, 0.3) is 0 Å². The second kappa shape index (κ2) is 12.7. The molecule has 40 heavy (non-hydrogen) atoms. The van der Waals surface area contributed by atoms with Gasteiger partial charge in [-0.05, 0) is 67.1 Å². The molecule has 0 aliphatic rings. The van der Waals surface area contributed by atoms with Gasteiger partial charge in [0.1, 0.15) is 0 Å². The summed E-state index contributed by atoms with van der Waals surface area (Å²) in [7, 11) is 0. The highest BCUT2D eigenvalue weighted by Crippen LogP contribution is 2.29. The Hall–Kier alpha value is -5.71. The normalized spacial score (nSPS) is 10.7. The molecular formula is C29H25N7O4. The fraction of sp³-hybridized carbons (Fsp3) is 0.0690. The van der Waals surface area contributed by atoms with Crippen molar-refractivity contribution in [3.8, 4) is 11.5 Å². The Balaban J connectivity index is 1.33. The first-order chi connectivity index (χ1) is 19.7. The predicted octanol–water partition coefficient (Wildman–Crippen LogP) is 6.02. The summed E-state index contributed by atoms with van der Waals surface area (Å²) in [6.45, 7) is 2.22. The van der Waals surface area contributed by atoms with Crippen molar-refractivity contribution in [3.63, 3.8) is 0 Å². The number of nitrogens with zero attached hydrogens (tertiary/aromatic N) is 4. The summed E-state index contributed by atoms with van der Waals surface area (Å²) in [5.74, 6) is 1.00. The second-order valence-electron chi connectivity index (χ2n) is 8.16. The van der Waals surface area contributed by atoms with Crippen molar-refractivity contribution in [2.45, 2.75) is 6.92 Å². The van der Waals surface area contributed by atoms with E-state index in [9.17, 15) is 4.79 Å². The summed E-state index contributed by atoms with van der Waals surface area (Å²) >= 11 is 0. The summed E-state index contributed by atoms with van der Waals surface area (Å²) in [5.41, 5.74) is 5.19. The molecule has 2 heterocycles. The van der Waals surface area contributed by atoms with Crippen molar-refractivity contribution >= 4 is 41.4 Å². The van der Waals surface area contributed by atoms with E-state index in [2.05, 4.69) is 36.1 Å². The number of nitrogens with one attached hydrogen (secondary N) is 3. The molecule has 2 aromatic heterocycles. The first-order valence-corrected chi connectivity index (χ1v) is 12.4. The molecule has 0 spiro atoms. The van der Waals surface area contributed by atoms with Crippen molar-refractivity contribution in [1.82, 2.24) is 15.0 Å². The van der Waals surface area contributed by atoms with E-state index in [1.807, 2.05) is 67.6 Å². The lowest BCUT2D eigenvalue weighted by molar-refractivity contribution is 0.0695. The van der Waals surface area contributed by atoms with Crippen LogP contribution in [0.2, 0.25) is 0 Å². The highest BCUT2D eigenvalue weighted by atomic mass is 16.6. The molecule has 0 aliphatic heterocycles. The number of carbonyl (C=O) groups excluding carboxylic acids is 1. The minimum atomic E-state index is -0.622. The van der Waals surface area contributed by atoms with Gasteiger partial charge in [-0.15, -0.1) is 0 Å². The van der Waals surface area contributed by atoms with E-state index < -0.39 is 5.97 Å². The molecular weight excluding hydrogens is 510 g/mol. The Labute approximate surface area is 229 Å². The van der Waals surface area contributed by atoms with E-state index in [0.717, 1.165) is 11.4 Å². The Morgan fingerprint density at radius 2 is 1.48 bits per heavy atom. The Morgan fingerprint density at radius 1 is 0.825 bits per heavy atom. The number of esters is 1. The number of benzene rings is 3. The zero-order valence-electron chi connectivity index (χ0n) is 21.4. The molecule has 0 amide bonds. The maximum absolute atomic E-state index is 12.3. The van der Waals surface area contributed by atoms with Crippen LogP contribution in [-0.2, 0) is 0 Å². The molecule has 0 unspecified atom stereocenters. The lowest BCUT2D eigenvalue weighted by Crippen LogP contribution is -2.09. The third kappa shape index (κ3) is 6.98. The van der Waals surface area contributed by atoms with Crippen LogP contribution in [0.15, 0.2) is 107 Å². The van der Waals surface area contributed by atoms with Crippen LogP contribution in [0, 0.1) is 0 Å². The fourth-order valence-electron chi connectivity index (χ4n) is 3.51. The molecule has 0 atom stereocenters. The molecule has 5 rings (SSSR count). The molecule has 3 aromatic carbocycles. The third-order valence-corrected chi connectivity index (χ3v) is 5.27. The van der Waals surface area contributed by atoms with Gasteiger partial charge in [-0.25, -0.2) is 10.2 Å². The molecule has 3 N–H and O–H groups in total. The van der Waals surface area contributed by atoms with Gasteiger partial charge >= 0.3 is 5.97 Å². The van der Waals surface area contributed by atoms with Crippen molar-refractivity contribution in [2.75, 3.05) is 22.7 Å². The molecule has 0 radical (unpaired) electrons. The van der Waals surface area contributed by atoms with E-state index in [4.69, 9.17) is 13.9 Å². The monoisotopic (exact) mass is 535 g/mol. The van der Waals surface area contributed by atoms with Crippen LogP contribution < -0.4 is 25.5 Å². The zero-order chi connectivity index (χ0) is 27.6. The van der Waals surface area contributed by atoms with Crippen LogP contribution in [0.3, 0.4) is 0 Å². The van der Waals surface area contributed by atoms with Crippen LogP contribution >= 0.6 is 0 Å². The maximum atomic E-state index is 12.3. The van der Waals surface area contributed by atoms with Crippen LogP contribution in [-0.4, -0.2) is 33.7 Å². The van der Waals surface area contributed by atoms with E-state index in [1.54, 1.807) is 30.5 Å². The van der Waals surface area contributed by atoms with Gasteiger partial charge in [-0.1, -0.05) is 36.4 Å². The summed E-state index contributed by atoms with van der Waals surface area (Å²) < 4.78 is 16.2. The van der Waals surface area contributed by atoms with Gasteiger partial charge < -0.3 is 24.5 Å². The predicted molar refractivity (Wildman–Crippen MR) is 152 cm³/mol. The minimum absolute atomic E-state index is 0.0943. The first kappa shape index (κ1) is 25.9. The van der Waals surface area contributed by atoms with E-state index >= 15 is 0 Å². The van der Waals surface area contributed by atoms with Crippen LogP contribution in [0.5, 0.6) is 11.5 Å². The number of furan rings is 1. The second-order valence-corrected chi connectivity index (χ2v) is 8.16. The number of anilines is 5. The quantitative estimate of drug-likeness (QED) is 0.0797. The Kier molecular flexibility index (Phi) is 8.23. The first-order valence-electron chi connectivity index (χ1n) is 12.4. The average Bonchev–Trinajstić information content (AvgIpc) is 3.51. The number of hydrogen-bond donors (Lipinski definition) is 3.